The monoisotopic (exact) mass is 866 g/mol. The SMILES string of the molecule is CCCCOC(=O)[C@@H]1[C@H](C(=O)Nc2ccc(Cl)c(Cl)c2)N2[C@H](c3ccc(C)cc3)[C@H](C(=O)Nc3ccc(Cl)c(Cl)c3)[C@H](C(=O)OCCCC)N2[C@H]1c1ccc(C)cc1. The summed E-state index contributed by atoms with van der Waals surface area (Å²) >= 11 is 25.2. The largest absolute Gasteiger partial charge is 0.465 e. The van der Waals surface area contributed by atoms with Crippen molar-refractivity contribution >= 4 is 81.5 Å². The second kappa shape index (κ2) is 19.3. The number of hydrogen-bond donors (Lipinski definition) is 2. The Balaban J connectivity index is 1.60. The van der Waals surface area contributed by atoms with Gasteiger partial charge in [-0.25, -0.2) is 10.0 Å². The summed E-state index contributed by atoms with van der Waals surface area (Å²) in [6.45, 7) is 8.08. The molecule has 14 heteroatoms. The smallest absolute Gasteiger partial charge is 0.325 e. The quantitative estimate of drug-likeness (QED) is 0.0951. The summed E-state index contributed by atoms with van der Waals surface area (Å²) in [5, 5.41) is 10.4. The topological polar surface area (TPSA) is 117 Å². The van der Waals surface area contributed by atoms with Crippen LogP contribution >= 0.6 is 46.4 Å². The van der Waals surface area contributed by atoms with Crippen molar-refractivity contribution in [2.45, 2.75) is 77.5 Å². The Morgan fingerprint density at radius 1 is 0.552 bits per heavy atom. The van der Waals surface area contributed by atoms with E-state index in [-0.39, 0.29) is 23.3 Å². The van der Waals surface area contributed by atoms with Crippen LogP contribution in [0.1, 0.15) is 73.9 Å². The summed E-state index contributed by atoms with van der Waals surface area (Å²) in [6.07, 6.45) is 2.73. The number of nitrogens with one attached hydrogen (secondary N) is 2. The first kappa shape index (κ1) is 43.4. The van der Waals surface area contributed by atoms with Gasteiger partial charge in [0, 0.05) is 11.4 Å². The molecule has 2 heterocycles. The van der Waals surface area contributed by atoms with Crippen molar-refractivity contribution in [2.24, 2.45) is 11.8 Å². The maximum atomic E-state index is 15.1. The number of fused-ring (bicyclic) bond motifs is 1. The van der Waals surface area contributed by atoms with Crippen molar-refractivity contribution in [3.8, 4) is 0 Å². The average Bonchev–Trinajstić information content (AvgIpc) is 3.72. The second-order valence-electron chi connectivity index (χ2n) is 14.7. The number of unbranched alkanes of at least 4 members (excludes halogenated alkanes) is 2. The van der Waals surface area contributed by atoms with Gasteiger partial charge in [-0.15, -0.1) is 0 Å². The lowest BCUT2D eigenvalue weighted by atomic mass is 9.81. The van der Waals surface area contributed by atoms with E-state index >= 15 is 4.79 Å². The summed E-state index contributed by atoms with van der Waals surface area (Å²) < 4.78 is 11.9. The van der Waals surface area contributed by atoms with Gasteiger partial charge in [-0.1, -0.05) is 133 Å². The van der Waals surface area contributed by atoms with Gasteiger partial charge in [0.25, 0.3) is 0 Å². The first-order valence-corrected chi connectivity index (χ1v) is 20.9. The molecule has 0 spiro atoms. The van der Waals surface area contributed by atoms with E-state index in [0.29, 0.717) is 45.4 Å². The Kier molecular flexibility index (Phi) is 14.4. The van der Waals surface area contributed by atoms with Crippen LogP contribution in [0.25, 0.3) is 0 Å². The molecule has 0 bridgehead atoms. The fourth-order valence-corrected chi connectivity index (χ4v) is 8.26. The van der Waals surface area contributed by atoms with Crippen LogP contribution in [0.15, 0.2) is 84.9 Å². The number of anilines is 2. The third-order valence-electron chi connectivity index (χ3n) is 10.5. The molecule has 10 nitrogen and oxygen atoms in total. The van der Waals surface area contributed by atoms with Gasteiger partial charge in [0.05, 0.1) is 51.3 Å². The molecule has 2 aliphatic rings. The molecular formula is C44H46Cl4N4O6. The number of nitrogens with zero attached hydrogens (tertiary/aromatic N) is 2. The predicted octanol–water partition coefficient (Wildman–Crippen LogP) is 10.2. The number of hydrazine groups is 1. The highest BCUT2D eigenvalue weighted by molar-refractivity contribution is 6.42. The highest BCUT2D eigenvalue weighted by Crippen LogP contribution is 2.56. The lowest BCUT2D eigenvalue weighted by Crippen LogP contribution is -2.48. The van der Waals surface area contributed by atoms with E-state index in [1.54, 1.807) is 34.3 Å². The number of amides is 2. The summed E-state index contributed by atoms with van der Waals surface area (Å²) in [5.41, 5.74) is 3.86. The Labute approximate surface area is 359 Å². The fourth-order valence-electron chi connectivity index (χ4n) is 7.66. The zero-order valence-corrected chi connectivity index (χ0v) is 35.7. The van der Waals surface area contributed by atoms with E-state index in [0.717, 1.165) is 24.0 Å². The molecule has 2 fully saturated rings. The zero-order chi connectivity index (χ0) is 41.7. The Morgan fingerprint density at radius 2 is 0.983 bits per heavy atom. The molecule has 0 radical (unpaired) electrons. The van der Waals surface area contributed by atoms with Gasteiger partial charge in [-0.3, -0.25) is 19.2 Å². The van der Waals surface area contributed by atoms with E-state index in [1.807, 2.05) is 76.2 Å². The Bertz CT molecular complexity index is 2140. The molecule has 2 aliphatic heterocycles. The molecule has 6 atom stereocenters. The first-order chi connectivity index (χ1) is 27.8. The van der Waals surface area contributed by atoms with Gasteiger partial charge in [-0.2, -0.15) is 0 Å². The number of halogens is 4. The van der Waals surface area contributed by atoms with Crippen LogP contribution in [-0.2, 0) is 28.7 Å². The lowest BCUT2D eigenvalue weighted by molar-refractivity contribution is -0.158. The van der Waals surface area contributed by atoms with Gasteiger partial charge in [0.15, 0.2) is 0 Å². The number of esters is 2. The van der Waals surface area contributed by atoms with Crippen LogP contribution < -0.4 is 10.6 Å². The van der Waals surface area contributed by atoms with E-state index < -0.39 is 59.8 Å². The summed E-state index contributed by atoms with van der Waals surface area (Å²) in [5.74, 6) is -4.79. The number of aryl methyl sites for hydroxylation is 2. The highest BCUT2D eigenvalue weighted by Gasteiger charge is 2.68. The van der Waals surface area contributed by atoms with Gasteiger partial charge >= 0.3 is 11.9 Å². The molecular weight excluding hydrogens is 822 g/mol. The lowest BCUT2D eigenvalue weighted by Gasteiger charge is -2.33. The van der Waals surface area contributed by atoms with Crippen molar-refractivity contribution < 1.29 is 28.7 Å². The Morgan fingerprint density at radius 3 is 1.45 bits per heavy atom. The number of ether oxygens (including phenoxy) is 2. The summed E-state index contributed by atoms with van der Waals surface area (Å²) in [7, 11) is 0. The molecule has 0 unspecified atom stereocenters. The molecule has 0 aromatic heterocycles. The molecule has 4 aromatic rings. The zero-order valence-electron chi connectivity index (χ0n) is 32.6. The molecule has 0 saturated carbocycles. The second-order valence-corrected chi connectivity index (χ2v) is 16.3. The van der Waals surface area contributed by atoms with Gasteiger partial charge in [-0.05, 0) is 74.2 Å². The van der Waals surface area contributed by atoms with Crippen LogP contribution in [-0.4, -0.2) is 59.1 Å². The summed E-state index contributed by atoms with van der Waals surface area (Å²) in [4.78, 5) is 59.5. The number of carbonyl (C=O) groups is 4. The predicted molar refractivity (Wildman–Crippen MR) is 228 cm³/mol. The van der Waals surface area contributed by atoms with E-state index in [4.69, 9.17) is 55.9 Å². The normalized spacial score (nSPS) is 21.7. The highest BCUT2D eigenvalue weighted by atomic mass is 35.5. The third-order valence-corrected chi connectivity index (χ3v) is 12.0. The van der Waals surface area contributed by atoms with Crippen molar-refractivity contribution in [1.29, 1.82) is 0 Å². The minimum atomic E-state index is -1.31. The van der Waals surface area contributed by atoms with Gasteiger partial charge in [0.1, 0.15) is 18.0 Å². The van der Waals surface area contributed by atoms with Crippen molar-refractivity contribution in [3.05, 3.63) is 127 Å². The molecule has 6 rings (SSSR count). The molecule has 2 saturated heterocycles. The minimum absolute atomic E-state index is 0.106. The summed E-state index contributed by atoms with van der Waals surface area (Å²) in [6, 6.07) is 19.9. The third kappa shape index (κ3) is 9.33. The average molecular weight is 869 g/mol. The number of hydrogen-bond acceptors (Lipinski definition) is 8. The van der Waals surface area contributed by atoms with Crippen molar-refractivity contribution in [3.63, 3.8) is 0 Å². The molecule has 2 N–H and O–H groups in total. The standard InChI is InChI=1S/C44H46Cl4N4O6/c1-5-7-21-57-43(55)36-38(28-15-11-26(4)12-16-28)52-40(44(56)58-22-8-6-2)35(41(53)49-29-17-19-31(45)33(47)23-29)37(27-13-9-25(3)10-14-27)51(52)39(36)42(54)50-30-18-20-32(46)34(48)24-30/h9-20,23-24,35-40H,5-8,21-22H2,1-4H3,(H,49,53)(H,50,54)/t35-,36-,37+,38-,39+,40+/m0/s1. The van der Waals surface area contributed by atoms with Crippen LogP contribution in [0, 0.1) is 25.7 Å². The van der Waals surface area contributed by atoms with Gasteiger partial charge in [0.2, 0.25) is 11.8 Å². The first-order valence-electron chi connectivity index (χ1n) is 19.4. The number of benzene rings is 4. The number of rotatable bonds is 14. The van der Waals surface area contributed by atoms with Gasteiger partial charge < -0.3 is 20.1 Å². The van der Waals surface area contributed by atoms with Crippen LogP contribution in [0.3, 0.4) is 0 Å². The van der Waals surface area contributed by atoms with Crippen LogP contribution in [0.2, 0.25) is 20.1 Å². The fraction of sp³-hybridized carbons (Fsp3) is 0.364. The van der Waals surface area contributed by atoms with E-state index in [9.17, 15) is 14.4 Å². The molecule has 58 heavy (non-hydrogen) atoms. The maximum Gasteiger partial charge on any atom is 0.325 e. The van der Waals surface area contributed by atoms with Crippen molar-refractivity contribution in [2.75, 3.05) is 23.8 Å². The maximum absolute atomic E-state index is 15.1. The molecule has 0 aliphatic carbocycles. The number of carbonyl (C=O) groups excluding carboxylic acids is 4. The van der Waals surface area contributed by atoms with Crippen LogP contribution in [0.5, 0.6) is 0 Å². The Hall–Kier alpha value is -4.16. The van der Waals surface area contributed by atoms with Crippen molar-refractivity contribution in [1.82, 2.24) is 10.0 Å². The van der Waals surface area contributed by atoms with E-state index in [2.05, 4.69) is 10.6 Å². The van der Waals surface area contributed by atoms with Crippen LogP contribution in [0.4, 0.5) is 11.4 Å². The molecule has 306 valence electrons. The molecule has 2 amide bonds. The minimum Gasteiger partial charge on any atom is -0.465 e. The van der Waals surface area contributed by atoms with E-state index in [1.165, 1.54) is 12.1 Å². The molecule has 4 aromatic carbocycles.